The first kappa shape index (κ1) is 16.6. The summed E-state index contributed by atoms with van der Waals surface area (Å²) in [6.07, 6.45) is 0.655. The number of ether oxygens (including phenoxy) is 2. The van der Waals surface area contributed by atoms with Gasteiger partial charge in [-0.15, -0.1) is 0 Å². The quantitative estimate of drug-likeness (QED) is 0.776. The summed E-state index contributed by atoms with van der Waals surface area (Å²) in [6.45, 7) is 7.08. The highest BCUT2D eigenvalue weighted by atomic mass is 35.5. The summed E-state index contributed by atoms with van der Waals surface area (Å²) < 4.78 is 11.4. The van der Waals surface area contributed by atoms with Crippen molar-refractivity contribution in [2.24, 2.45) is 0 Å². The molecule has 0 amide bonds. The van der Waals surface area contributed by atoms with Crippen molar-refractivity contribution in [2.75, 3.05) is 26.3 Å². The molecule has 1 aromatic carbocycles. The summed E-state index contributed by atoms with van der Waals surface area (Å²) in [5.41, 5.74) is 0.351. The summed E-state index contributed by atoms with van der Waals surface area (Å²) in [7, 11) is 0. The highest BCUT2D eigenvalue weighted by Gasteiger charge is 2.23. The second-order valence-electron chi connectivity index (χ2n) is 5.32. The number of rotatable bonds is 5. The third-order valence-corrected chi connectivity index (χ3v) is 3.98. The van der Waals surface area contributed by atoms with Gasteiger partial charge in [-0.25, -0.2) is 0 Å². The molecule has 0 aromatic heterocycles. The first-order valence-corrected chi connectivity index (χ1v) is 7.69. The van der Waals surface area contributed by atoms with Gasteiger partial charge in [-0.3, -0.25) is 9.69 Å². The maximum atomic E-state index is 11.1. The van der Waals surface area contributed by atoms with E-state index in [1.165, 1.54) is 6.07 Å². The van der Waals surface area contributed by atoms with Crippen molar-refractivity contribution in [3.8, 4) is 5.75 Å². The summed E-state index contributed by atoms with van der Waals surface area (Å²) >= 11 is 12.0. The first-order chi connectivity index (χ1) is 10.0. The normalized spacial score (nSPS) is 19.8. The summed E-state index contributed by atoms with van der Waals surface area (Å²) in [6, 6.07) is 3.58. The lowest BCUT2D eigenvalue weighted by molar-refractivity contribution is -0.0564. The third kappa shape index (κ3) is 4.33. The van der Waals surface area contributed by atoms with Gasteiger partial charge in [0.2, 0.25) is 0 Å². The van der Waals surface area contributed by atoms with E-state index in [4.69, 9.17) is 32.7 Å². The van der Waals surface area contributed by atoms with E-state index in [1.54, 1.807) is 6.07 Å². The molecule has 4 nitrogen and oxygen atoms in total. The predicted molar refractivity (Wildman–Crippen MR) is 83.8 cm³/mol. The van der Waals surface area contributed by atoms with Crippen LogP contribution in [-0.2, 0) is 4.74 Å². The molecule has 1 aliphatic rings. The monoisotopic (exact) mass is 331 g/mol. The zero-order valence-electron chi connectivity index (χ0n) is 12.1. The van der Waals surface area contributed by atoms with Crippen molar-refractivity contribution >= 4 is 29.5 Å². The molecule has 21 heavy (non-hydrogen) atoms. The molecule has 1 aliphatic heterocycles. The molecule has 1 aromatic rings. The summed E-state index contributed by atoms with van der Waals surface area (Å²) in [5, 5.41) is 0.746. The largest absolute Gasteiger partial charge is 0.489 e. The van der Waals surface area contributed by atoms with Gasteiger partial charge in [0, 0.05) is 24.2 Å². The van der Waals surface area contributed by atoms with Gasteiger partial charge in [0.1, 0.15) is 18.5 Å². The smallest absolute Gasteiger partial charge is 0.153 e. The van der Waals surface area contributed by atoms with Crippen LogP contribution >= 0.6 is 23.2 Å². The Labute approximate surface area is 134 Å². The number of hydrogen-bond donors (Lipinski definition) is 0. The van der Waals surface area contributed by atoms with Crippen LogP contribution in [0.25, 0.3) is 0 Å². The average Bonchev–Trinajstić information content (AvgIpc) is 2.45. The van der Waals surface area contributed by atoms with Crippen LogP contribution in [0.15, 0.2) is 12.1 Å². The van der Waals surface area contributed by atoms with Crippen molar-refractivity contribution in [1.29, 1.82) is 0 Å². The van der Waals surface area contributed by atoms with E-state index in [9.17, 15) is 4.79 Å². The first-order valence-electron chi connectivity index (χ1n) is 6.94. The second-order valence-corrected chi connectivity index (χ2v) is 6.16. The molecule has 6 heteroatoms. The SMILES string of the molecule is CC(C)N1CCOC(COc2c(Cl)cc(Cl)cc2C=O)C1. The Balaban J connectivity index is 2.01. The van der Waals surface area contributed by atoms with Gasteiger partial charge in [-0.05, 0) is 26.0 Å². The molecule has 0 radical (unpaired) electrons. The zero-order valence-corrected chi connectivity index (χ0v) is 13.7. The number of carbonyl (C=O) groups is 1. The summed E-state index contributed by atoms with van der Waals surface area (Å²) in [4.78, 5) is 13.4. The predicted octanol–water partition coefficient (Wildman–Crippen LogP) is 3.29. The lowest BCUT2D eigenvalue weighted by Crippen LogP contribution is -2.47. The Morgan fingerprint density at radius 1 is 1.48 bits per heavy atom. The van der Waals surface area contributed by atoms with Crippen molar-refractivity contribution in [2.45, 2.75) is 26.0 Å². The van der Waals surface area contributed by atoms with E-state index < -0.39 is 0 Å². The fourth-order valence-electron chi connectivity index (χ4n) is 2.31. The maximum absolute atomic E-state index is 11.1. The molecule has 0 saturated carbocycles. The van der Waals surface area contributed by atoms with E-state index in [2.05, 4.69) is 18.7 Å². The Morgan fingerprint density at radius 3 is 2.90 bits per heavy atom. The highest BCUT2D eigenvalue weighted by molar-refractivity contribution is 6.36. The molecule has 116 valence electrons. The Morgan fingerprint density at radius 2 is 2.24 bits per heavy atom. The fraction of sp³-hybridized carbons (Fsp3) is 0.533. The summed E-state index contributed by atoms with van der Waals surface area (Å²) in [5.74, 6) is 0.362. The van der Waals surface area contributed by atoms with Crippen LogP contribution in [0.2, 0.25) is 10.0 Å². The molecular weight excluding hydrogens is 313 g/mol. The average molecular weight is 332 g/mol. The van der Waals surface area contributed by atoms with Crippen LogP contribution in [0, 0.1) is 0 Å². The molecule has 1 heterocycles. The fourth-order valence-corrected chi connectivity index (χ4v) is 2.87. The maximum Gasteiger partial charge on any atom is 0.153 e. The van der Waals surface area contributed by atoms with E-state index in [0.717, 1.165) is 13.1 Å². The Bertz CT molecular complexity index is 508. The number of morpholine rings is 1. The number of benzene rings is 1. The number of carbonyl (C=O) groups excluding carboxylic acids is 1. The van der Waals surface area contributed by atoms with Gasteiger partial charge in [0.25, 0.3) is 0 Å². The zero-order chi connectivity index (χ0) is 15.4. The lowest BCUT2D eigenvalue weighted by Gasteiger charge is -2.35. The van der Waals surface area contributed by atoms with Gasteiger partial charge in [-0.2, -0.15) is 0 Å². The highest BCUT2D eigenvalue weighted by Crippen LogP contribution is 2.31. The van der Waals surface area contributed by atoms with E-state index in [1.807, 2.05) is 0 Å². The number of hydrogen-bond acceptors (Lipinski definition) is 4. The van der Waals surface area contributed by atoms with Gasteiger partial charge >= 0.3 is 0 Å². The van der Waals surface area contributed by atoms with Gasteiger partial charge in [0.05, 0.1) is 17.2 Å². The van der Waals surface area contributed by atoms with Gasteiger partial charge < -0.3 is 9.47 Å². The van der Waals surface area contributed by atoms with Crippen LogP contribution in [0.1, 0.15) is 24.2 Å². The number of nitrogens with zero attached hydrogens (tertiary/aromatic N) is 1. The molecule has 1 fully saturated rings. The molecule has 2 rings (SSSR count). The lowest BCUT2D eigenvalue weighted by atomic mass is 10.2. The van der Waals surface area contributed by atoms with E-state index >= 15 is 0 Å². The molecule has 1 saturated heterocycles. The van der Waals surface area contributed by atoms with Crippen LogP contribution in [0.4, 0.5) is 0 Å². The topological polar surface area (TPSA) is 38.8 Å². The van der Waals surface area contributed by atoms with Crippen LogP contribution in [0.5, 0.6) is 5.75 Å². The third-order valence-electron chi connectivity index (χ3n) is 3.48. The van der Waals surface area contributed by atoms with Crippen LogP contribution < -0.4 is 4.74 Å². The molecule has 0 N–H and O–H groups in total. The van der Waals surface area contributed by atoms with Crippen molar-refractivity contribution in [1.82, 2.24) is 4.90 Å². The minimum Gasteiger partial charge on any atom is -0.489 e. The van der Waals surface area contributed by atoms with Crippen molar-refractivity contribution < 1.29 is 14.3 Å². The van der Waals surface area contributed by atoms with E-state index in [-0.39, 0.29) is 6.10 Å². The second kappa shape index (κ2) is 7.45. The Kier molecular flexibility index (Phi) is 5.88. The van der Waals surface area contributed by atoms with Crippen molar-refractivity contribution in [3.05, 3.63) is 27.7 Å². The number of halogens is 2. The molecule has 1 unspecified atom stereocenters. The van der Waals surface area contributed by atoms with Crippen LogP contribution in [-0.4, -0.2) is 49.6 Å². The minimum atomic E-state index is -0.0348. The van der Waals surface area contributed by atoms with Gasteiger partial charge in [0.15, 0.2) is 6.29 Å². The van der Waals surface area contributed by atoms with Gasteiger partial charge in [-0.1, -0.05) is 23.2 Å². The van der Waals surface area contributed by atoms with E-state index in [0.29, 0.717) is 46.9 Å². The minimum absolute atomic E-state index is 0.0348. The van der Waals surface area contributed by atoms with Crippen LogP contribution in [0.3, 0.4) is 0 Å². The standard InChI is InChI=1S/C15H19Cl2NO3/c1-10(2)18-3-4-20-13(7-18)9-21-15-11(8-19)5-12(16)6-14(15)17/h5-6,8,10,13H,3-4,7,9H2,1-2H3. The van der Waals surface area contributed by atoms with Crippen molar-refractivity contribution in [3.63, 3.8) is 0 Å². The Hall–Kier alpha value is -0.810. The molecule has 1 atom stereocenters. The molecular formula is C15H19Cl2NO3. The number of aldehydes is 1. The molecule has 0 bridgehead atoms. The molecule has 0 aliphatic carbocycles. The molecule has 0 spiro atoms.